The van der Waals surface area contributed by atoms with Crippen molar-refractivity contribution in [2.45, 2.75) is 90.4 Å². The molecule has 0 bridgehead atoms. The molecule has 3 aromatic rings. The minimum atomic E-state index is -0.960. The van der Waals surface area contributed by atoms with Crippen LogP contribution < -0.4 is 27.0 Å². The summed E-state index contributed by atoms with van der Waals surface area (Å²) in [5, 5.41) is 12.0. The standard InChI is InChI=1S/C43H54N6O6/c1-26(2)23-32(44)40(52)47-34(25-28-13-6-5-7-14-28)41(53)48-35(24-27(3)4)43(55)49-22-11-19-36(49)42(54)46-21-12-20-45-33-18-10-17-31-37(33)39(51)30-16-9-8-15-29(30)38(31)50/h5-10,13-18,26-27,32,34-36,45H,11-12,19-25,44H2,1-4H3,(H,46,54)(H,47,52)(H,48,53)/t32-,34-,35-,36?/m0/s1. The molecule has 4 atom stereocenters. The first-order chi connectivity index (χ1) is 26.3. The third-order valence-electron chi connectivity index (χ3n) is 10.1. The van der Waals surface area contributed by atoms with Crippen LogP contribution in [0.15, 0.2) is 72.8 Å². The molecule has 6 N–H and O–H groups in total. The molecule has 1 unspecified atom stereocenters. The molecule has 1 fully saturated rings. The van der Waals surface area contributed by atoms with Gasteiger partial charge in [-0.2, -0.15) is 0 Å². The summed E-state index contributed by atoms with van der Waals surface area (Å²) in [6, 6.07) is 18.0. The predicted molar refractivity (Wildman–Crippen MR) is 211 cm³/mol. The number of nitrogens with two attached hydrogens (primary N) is 1. The largest absolute Gasteiger partial charge is 0.384 e. The lowest BCUT2D eigenvalue weighted by Gasteiger charge is -2.31. The quantitative estimate of drug-likeness (QED) is 0.101. The van der Waals surface area contributed by atoms with E-state index < -0.39 is 36.0 Å². The Bertz CT molecular complexity index is 1880. The number of rotatable bonds is 17. The van der Waals surface area contributed by atoms with Gasteiger partial charge in [0, 0.05) is 48.4 Å². The second kappa shape index (κ2) is 18.8. The number of fused-ring (bicyclic) bond motifs is 2. The van der Waals surface area contributed by atoms with Crippen molar-refractivity contribution in [1.29, 1.82) is 0 Å². The Morgan fingerprint density at radius 3 is 2.07 bits per heavy atom. The van der Waals surface area contributed by atoms with Crippen LogP contribution in [-0.4, -0.2) is 83.9 Å². The van der Waals surface area contributed by atoms with Crippen molar-refractivity contribution >= 4 is 40.9 Å². The lowest BCUT2D eigenvalue weighted by molar-refractivity contribution is -0.142. The average Bonchev–Trinajstić information content (AvgIpc) is 3.66. The van der Waals surface area contributed by atoms with Crippen molar-refractivity contribution in [1.82, 2.24) is 20.9 Å². The SMILES string of the molecule is CC(C)C[C@H](NC(=O)[C@H](Cc1ccccc1)NC(=O)[C@@H](N)CC(C)C)C(=O)N1CCCC1C(=O)NCCCNc1cccc2c1C(=O)c1ccccc1C2=O. The number of hydrogen-bond acceptors (Lipinski definition) is 8. The van der Waals surface area contributed by atoms with E-state index in [1.165, 1.54) is 0 Å². The Hall–Kier alpha value is -5.36. The number of carbonyl (C=O) groups excluding carboxylic acids is 6. The summed E-state index contributed by atoms with van der Waals surface area (Å²) in [6.45, 7) is 8.99. The van der Waals surface area contributed by atoms with Crippen molar-refractivity contribution in [3.8, 4) is 0 Å². The highest BCUT2D eigenvalue weighted by atomic mass is 16.2. The number of ketones is 2. The molecule has 12 nitrogen and oxygen atoms in total. The maximum atomic E-state index is 14.1. The number of likely N-dealkylation sites (tertiary alicyclic amines) is 1. The monoisotopic (exact) mass is 750 g/mol. The van der Waals surface area contributed by atoms with Gasteiger partial charge in [0.25, 0.3) is 0 Å². The zero-order valence-corrected chi connectivity index (χ0v) is 32.2. The lowest BCUT2D eigenvalue weighted by Crippen LogP contribution is -2.58. The van der Waals surface area contributed by atoms with Crippen LogP contribution in [0.3, 0.4) is 0 Å². The molecule has 55 heavy (non-hydrogen) atoms. The summed E-state index contributed by atoms with van der Waals surface area (Å²) in [5.74, 6) is -1.68. The van der Waals surface area contributed by atoms with Crippen LogP contribution in [0.4, 0.5) is 5.69 Å². The van der Waals surface area contributed by atoms with Crippen LogP contribution in [0.2, 0.25) is 0 Å². The van der Waals surface area contributed by atoms with Gasteiger partial charge in [-0.15, -0.1) is 0 Å². The molecule has 0 spiro atoms. The van der Waals surface area contributed by atoms with Crippen molar-refractivity contribution in [3.63, 3.8) is 0 Å². The summed E-state index contributed by atoms with van der Waals surface area (Å²) in [4.78, 5) is 82.5. The second-order valence-electron chi connectivity index (χ2n) is 15.4. The van der Waals surface area contributed by atoms with E-state index in [-0.39, 0.29) is 41.6 Å². The molecular weight excluding hydrogens is 697 g/mol. The molecule has 0 saturated carbocycles. The van der Waals surface area contributed by atoms with Crippen LogP contribution in [0.1, 0.15) is 97.2 Å². The molecule has 0 radical (unpaired) electrons. The van der Waals surface area contributed by atoms with E-state index in [0.717, 1.165) is 5.56 Å². The number of nitrogens with one attached hydrogen (secondary N) is 4. The van der Waals surface area contributed by atoms with Gasteiger partial charge in [-0.1, -0.05) is 94.4 Å². The van der Waals surface area contributed by atoms with Crippen LogP contribution in [0, 0.1) is 11.8 Å². The van der Waals surface area contributed by atoms with Crippen molar-refractivity contribution in [2.24, 2.45) is 17.6 Å². The van der Waals surface area contributed by atoms with Gasteiger partial charge in [0.15, 0.2) is 11.6 Å². The summed E-state index contributed by atoms with van der Waals surface area (Å²) >= 11 is 0. The highest BCUT2D eigenvalue weighted by Crippen LogP contribution is 2.32. The number of benzene rings is 3. The molecule has 12 heteroatoms. The first kappa shape index (κ1) is 40.8. The topological polar surface area (TPSA) is 180 Å². The molecule has 1 aliphatic heterocycles. The minimum absolute atomic E-state index is 0.0524. The summed E-state index contributed by atoms with van der Waals surface area (Å²) in [6.07, 6.45) is 2.69. The van der Waals surface area contributed by atoms with Crippen LogP contribution in [-0.2, 0) is 25.6 Å². The molecule has 2 aliphatic rings. The molecule has 3 aromatic carbocycles. The molecule has 1 saturated heterocycles. The van der Waals surface area contributed by atoms with E-state index in [9.17, 15) is 28.8 Å². The van der Waals surface area contributed by atoms with E-state index in [4.69, 9.17) is 5.73 Å². The van der Waals surface area contributed by atoms with Crippen molar-refractivity contribution in [2.75, 3.05) is 25.0 Å². The summed E-state index contributed by atoms with van der Waals surface area (Å²) in [5.41, 5.74) is 9.06. The fourth-order valence-electron chi connectivity index (χ4n) is 7.35. The maximum Gasteiger partial charge on any atom is 0.245 e. The molecular formula is C43H54N6O6. The maximum absolute atomic E-state index is 14.1. The minimum Gasteiger partial charge on any atom is -0.384 e. The van der Waals surface area contributed by atoms with E-state index in [1.54, 1.807) is 47.4 Å². The highest BCUT2D eigenvalue weighted by molar-refractivity contribution is 6.30. The van der Waals surface area contributed by atoms with E-state index in [2.05, 4.69) is 21.3 Å². The smallest absolute Gasteiger partial charge is 0.245 e. The van der Waals surface area contributed by atoms with Gasteiger partial charge in [0.2, 0.25) is 23.6 Å². The number of amides is 4. The summed E-state index contributed by atoms with van der Waals surface area (Å²) in [7, 11) is 0. The van der Waals surface area contributed by atoms with E-state index in [0.29, 0.717) is 79.7 Å². The number of carbonyl (C=O) groups is 6. The third kappa shape index (κ3) is 10.2. The normalized spacial score (nSPS) is 16.6. The first-order valence-corrected chi connectivity index (χ1v) is 19.4. The molecule has 0 aromatic heterocycles. The number of hydrogen-bond donors (Lipinski definition) is 5. The molecule has 5 rings (SSSR count). The first-order valence-electron chi connectivity index (χ1n) is 19.4. The van der Waals surface area contributed by atoms with E-state index >= 15 is 0 Å². The lowest BCUT2D eigenvalue weighted by atomic mass is 9.83. The Kier molecular flexibility index (Phi) is 13.9. The van der Waals surface area contributed by atoms with Crippen LogP contribution >= 0.6 is 0 Å². The highest BCUT2D eigenvalue weighted by Gasteiger charge is 2.39. The Morgan fingerprint density at radius 1 is 0.745 bits per heavy atom. The molecule has 1 heterocycles. The Balaban J connectivity index is 1.18. The summed E-state index contributed by atoms with van der Waals surface area (Å²) < 4.78 is 0. The average molecular weight is 751 g/mol. The molecule has 4 amide bonds. The van der Waals surface area contributed by atoms with Crippen molar-refractivity contribution in [3.05, 3.63) is 101 Å². The third-order valence-corrected chi connectivity index (χ3v) is 10.1. The second-order valence-corrected chi connectivity index (χ2v) is 15.4. The van der Waals surface area contributed by atoms with Gasteiger partial charge < -0.3 is 31.9 Å². The Labute approximate surface area is 323 Å². The zero-order valence-electron chi connectivity index (χ0n) is 32.2. The number of nitrogens with zero attached hydrogens (tertiary/aromatic N) is 1. The van der Waals surface area contributed by atoms with Gasteiger partial charge in [-0.05, 0) is 55.6 Å². The van der Waals surface area contributed by atoms with Gasteiger partial charge in [0.1, 0.15) is 18.1 Å². The van der Waals surface area contributed by atoms with Crippen molar-refractivity contribution < 1.29 is 28.8 Å². The zero-order chi connectivity index (χ0) is 39.6. The van der Waals surface area contributed by atoms with E-state index in [1.807, 2.05) is 58.0 Å². The van der Waals surface area contributed by atoms with Gasteiger partial charge in [-0.25, -0.2) is 0 Å². The van der Waals surface area contributed by atoms with Crippen LogP contribution in [0.5, 0.6) is 0 Å². The van der Waals surface area contributed by atoms with Gasteiger partial charge in [-0.3, -0.25) is 28.8 Å². The van der Waals surface area contributed by atoms with Gasteiger partial charge >= 0.3 is 0 Å². The van der Waals surface area contributed by atoms with Crippen LogP contribution in [0.25, 0.3) is 0 Å². The molecule has 1 aliphatic carbocycles. The van der Waals surface area contributed by atoms with Gasteiger partial charge in [0.05, 0.1) is 11.6 Å². The molecule has 292 valence electrons. The Morgan fingerprint density at radius 2 is 1.38 bits per heavy atom. The predicted octanol–water partition coefficient (Wildman–Crippen LogP) is 4.00. The fraction of sp³-hybridized carbons (Fsp3) is 0.442. The number of anilines is 1. The fourth-order valence-corrected chi connectivity index (χ4v) is 7.35.